The molecule has 1 aromatic rings. The number of aliphatic carboxylic acids is 1. The Hall–Kier alpha value is -1.86. The van der Waals surface area contributed by atoms with Crippen LogP contribution in [0.5, 0.6) is 0 Å². The zero-order chi connectivity index (χ0) is 16.0. The summed E-state index contributed by atoms with van der Waals surface area (Å²) in [5.41, 5.74) is -0.0995. The van der Waals surface area contributed by atoms with Gasteiger partial charge >= 0.3 is 12.0 Å². The van der Waals surface area contributed by atoms with E-state index in [1.54, 1.807) is 0 Å². The summed E-state index contributed by atoms with van der Waals surface area (Å²) in [5, 5.41) is 23.2. The number of aliphatic hydroxyl groups is 1. The Morgan fingerprint density at radius 3 is 2.67 bits per heavy atom. The molecule has 0 aromatic heterocycles. The minimum absolute atomic E-state index is 0.0512. The van der Waals surface area contributed by atoms with Gasteiger partial charge in [-0.15, -0.1) is 0 Å². The number of rotatable bonds is 6. The molecule has 0 heterocycles. The SMILES string of the molecule is CC(NC(=O)NCCC(=O)O)C(O)c1c(F)cccc1Cl. The fourth-order valence-corrected chi connectivity index (χ4v) is 1.94. The normalized spacial score (nSPS) is 13.3. The number of aliphatic hydroxyl groups excluding tert-OH is 1. The second-order valence-electron chi connectivity index (χ2n) is 4.41. The van der Waals surface area contributed by atoms with Crippen LogP contribution in [0.3, 0.4) is 0 Å². The molecule has 0 saturated carbocycles. The first-order chi connectivity index (χ1) is 9.82. The molecule has 0 bridgehead atoms. The molecule has 2 atom stereocenters. The van der Waals surface area contributed by atoms with E-state index >= 15 is 0 Å². The van der Waals surface area contributed by atoms with Gasteiger partial charge < -0.3 is 20.8 Å². The third-order valence-electron chi connectivity index (χ3n) is 2.75. The predicted octanol–water partition coefficient (Wildman–Crippen LogP) is 1.67. The second kappa shape index (κ2) is 7.80. The molecule has 2 amide bonds. The molecule has 116 valence electrons. The molecule has 0 radical (unpaired) electrons. The van der Waals surface area contributed by atoms with Crippen molar-refractivity contribution in [2.45, 2.75) is 25.5 Å². The van der Waals surface area contributed by atoms with E-state index in [1.165, 1.54) is 19.1 Å². The lowest BCUT2D eigenvalue weighted by Gasteiger charge is -2.22. The van der Waals surface area contributed by atoms with Crippen molar-refractivity contribution in [2.24, 2.45) is 0 Å². The van der Waals surface area contributed by atoms with Gasteiger partial charge in [-0.05, 0) is 19.1 Å². The standard InChI is InChI=1S/C13H16ClFN2O4/c1-7(17-13(21)16-6-5-10(18)19)12(20)11-8(14)3-2-4-9(11)15/h2-4,7,12,20H,5-6H2,1H3,(H,18,19)(H2,16,17,21). The first kappa shape index (κ1) is 17.2. The molecule has 0 fully saturated rings. The molecule has 0 saturated heterocycles. The average Bonchev–Trinajstić information content (AvgIpc) is 2.37. The van der Waals surface area contributed by atoms with Gasteiger partial charge in [0, 0.05) is 17.1 Å². The molecule has 4 N–H and O–H groups in total. The van der Waals surface area contributed by atoms with Crippen molar-refractivity contribution in [1.82, 2.24) is 10.6 Å². The third-order valence-corrected chi connectivity index (χ3v) is 3.08. The maximum atomic E-state index is 13.7. The predicted molar refractivity (Wildman–Crippen MR) is 74.6 cm³/mol. The Morgan fingerprint density at radius 2 is 2.10 bits per heavy atom. The van der Waals surface area contributed by atoms with Gasteiger partial charge in [-0.25, -0.2) is 9.18 Å². The maximum Gasteiger partial charge on any atom is 0.315 e. The van der Waals surface area contributed by atoms with Gasteiger partial charge in [0.05, 0.1) is 12.5 Å². The number of amides is 2. The van der Waals surface area contributed by atoms with Crippen molar-refractivity contribution in [3.05, 3.63) is 34.6 Å². The van der Waals surface area contributed by atoms with Crippen LogP contribution in [0.2, 0.25) is 5.02 Å². The van der Waals surface area contributed by atoms with Crippen molar-refractivity contribution in [2.75, 3.05) is 6.54 Å². The topological polar surface area (TPSA) is 98.7 Å². The molecule has 2 unspecified atom stereocenters. The molecule has 6 nitrogen and oxygen atoms in total. The average molecular weight is 319 g/mol. The number of carbonyl (C=O) groups is 2. The number of carboxylic acid groups (broad SMARTS) is 1. The highest BCUT2D eigenvalue weighted by Gasteiger charge is 2.23. The molecule has 8 heteroatoms. The van der Waals surface area contributed by atoms with Crippen LogP contribution < -0.4 is 10.6 Å². The van der Waals surface area contributed by atoms with E-state index in [2.05, 4.69) is 10.6 Å². The quantitative estimate of drug-likeness (QED) is 0.641. The summed E-state index contributed by atoms with van der Waals surface area (Å²) in [6.45, 7) is 1.43. The number of nitrogens with one attached hydrogen (secondary N) is 2. The summed E-state index contributed by atoms with van der Waals surface area (Å²) in [5.74, 6) is -1.71. The van der Waals surface area contributed by atoms with E-state index in [0.29, 0.717) is 0 Å². The van der Waals surface area contributed by atoms with Crippen LogP contribution in [-0.2, 0) is 4.79 Å². The van der Waals surface area contributed by atoms with Gasteiger partial charge in [0.1, 0.15) is 11.9 Å². The molecule has 1 aromatic carbocycles. The van der Waals surface area contributed by atoms with Crippen molar-refractivity contribution in [1.29, 1.82) is 0 Å². The van der Waals surface area contributed by atoms with E-state index in [9.17, 15) is 19.1 Å². The Balaban J connectivity index is 2.60. The van der Waals surface area contributed by atoms with E-state index in [1.807, 2.05) is 0 Å². The number of urea groups is 1. The van der Waals surface area contributed by atoms with Crippen LogP contribution in [0.25, 0.3) is 0 Å². The third kappa shape index (κ3) is 5.20. The summed E-state index contributed by atoms with van der Waals surface area (Å²) in [6.07, 6.45) is -1.55. The molecule has 0 spiro atoms. The molecule has 1 rings (SSSR count). The fraction of sp³-hybridized carbons (Fsp3) is 0.385. The first-order valence-corrected chi connectivity index (χ1v) is 6.59. The molecule has 0 aliphatic carbocycles. The number of carbonyl (C=O) groups excluding carboxylic acids is 1. The van der Waals surface area contributed by atoms with Gasteiger partial charge in [0.15, 0.2) is 0 Å². The van der Waals surface area contributed by atoms with Crippen LogP contribution >= 0.6 is 11.6 Å². The number of carboxylic acids is 1. The van der Waals surface area contributed by atoms with Crippen molar-refractivity contribution in [3.63, 3.8) is 0 Å². The number of hydrogen-bond acceptors (Lipinski definition) is 3. The number of halogens is 2. The van der Waals surface area contributed by atoms with E-state index in [4.69, 9.17) is 16.7 Å². The lowest BCUT2D eigenvalue weighted by molar-refractivity contribution is -0.136. The van der Waals surface area contributed by atoms with E-state index in [0.717, 1.165) is 6.07 Å². The van der Waals surface area contributed by atoms with Crippen molar-refractivity contribution >= 4 is 23.6 Å². The minimum atomic E-state index is -1.33. The zero-order valence-electron chi connectivity index (χ0n) is 11.3. The molecule has 21 heavy (non-hydrogen) atoms. The van der Waals surface area contributed by atoms with Crippen LogP contribution in [0.15, 0.2) is 18.2 Å². The summed E-state index contributed by atoms with van der Waals surface area (Å²) < 4.78 is 13.7. The maximum absolute atomic E-state index is 13.7. The second-order valence-corrected chi connectivity index (χ2v) is 4.82. The van der Waals surface area contributed by atoms with E-state index in [-0.39, 0.29) is 23.6 Å². The zero-order valence-corrected chi connectivity index (χ0v) is 12.0. The summed E-state index contributed by atoms with van der Waals surface area (Å²) in [6, 6.07) is 2.52. The molecular formula is C13H16ClFN2O4. The van der Waals surface area contributed by atoms with Gasteiger partial charge in [0.2, 0.25) is 0 Å². The van der Waals surface area contributed by atoms with Crippen LogP contribution in [-0.4, -0.2) is 34.8 Å². The van der Waals surface area contributed by atoms with Crippen molar-refractivity contribution < 1.29 is 24.2 Å². The minimum Gasteiger partial charge on any atom is -0.481 e. The molecule has 0 aliphatic rings. The Morgan fingerprint density at radius 1 is 1.43 bits per heavy atom. The van der Waals surface area contributed by atoms with Gasteiger partial charge in [-0.3, -0.25) is 4.79 Å². The Labute approximate surface area is 125 Å². The van der Waals surface area contributed by atoms with Crippen molar-refractivity contribution in [3.8, 4) is 0 Å². The highest BCUT2D eigenvalue weighted by Crippen LogP contribution is 2.27. The molecule has 0 aliphatic heterocycles. The molecular weight excluding hydrogens is 303 g/mol. The Kier molecular flexibility index (Phi) is 6.39. The summed E-state index contributed by atoms with van der Waals surface area (Å²) >= 11 is 5.83. The van der Waals surface area contributed by atoms with Crippen LogP contribution in [0.4, 0.5) is 9.18 Å². The lowest BCUT2D eigenvalue weighted by Crippen LogP contribution is -2.44. The number of hydrogen-bond donors (Lipinski definition) is 4. The highest BCUT2D eigenvalue weighted by molar-refractivity contribution is 6.31. The largest absolute Gasteiger partial charge is 0.481 e. The van der Waals surface area contributed by atoms with Gasteiger partial charge in [-0.1, -0.05) is 17.7 Å². The Bertz CT molecular complexity index is 507. The highest BCUT2D eigenvalue weighted by atomic mass is 35.5. The number of benzene rings is 1. The first-order valence-electron chi connectivity index (χ1n) is 6.21. The smallest absolute Gasteiger partial charge is 0.315 e. The van der Waals surface area contributed by atoms with Gasteiger partial charge in [0.25, 0.3) is 0 Å². The monoisotopic (exact) mass is 318 g/mol. The summed E-state index contributed by atoms with van der Waals surface area (Å²) in [7, 11) is 0. The van der Waals surface area contributed by atoms with E-state index < -0.39 is 30.0 Å². The fourth-order valence-electron chi connectivity index (χ4n) is 1.66. The van der Waals surface area contributed by atoms with Gasteiger partial charge in [-0.2, -0.15) is 0 Å². The van der Waals surface area contributed by atoms with Crippen LogP contribution in [0, 0.1) is 5.82 Å². The lowest BCUT2D eigenvalue weighted by atomic mass is 10.0. The summed E-state index contributed by atoms with van der Waals surface area (Å²) in [4.78, 5) is 21.8. The van der Waals surface area contributed by atoms with Crippen LogP contribution in [0.1, 0.15) is 25.0 Å².